The van der Waals surface area contributed by atoms with Gasteiger partial charge in [-0.05, 0) is 26.8 Å². The summed E-state index contributed by atoms with van der Waals surface area (Å²) in [4.78, 5) is 21.6. The van der Waals surface area contributed by atoms with Crippen molar-refractivity contribution in [2.45, 2.75) is 38.8 Å². The van der Waals surface area contributed by atoms with Crippen molar-refractivity contribution in [2.75, 3.05) is 0 Å². The Balaban J connectivity index is 2.87. The van der Waals surface area contributed by atoms with Gasteiger partial charge in [0.25, 0.3) is 5.69 Å². The summed E-state index contributed by atoms with van der Waals surface area (Å²) in [5.74, 6) is -1.28. The number of rotatable bonds is 4. The fraction of sp³-hybridized carbons (Fsp3) is 0.462. The quantitative estimate of drug-likeness (QED) is 0.520. The highest BCUT2D eigenvalue weighted by Gasteiger charge is 2.22. The van der Waals surface area contributed by atoms with E-state index >= 15 is 0 Å². The van der Waals surface area contributed by atoms with E-state index in [1.54, 1.807) is 20.8 Å². The standard InChI is InChI=1S/C13H17FN2O4/c1-13(2,3)20-12(17)7-11(15)9-6-8(16(18)19)4-5-10(9)14/h4-6,11H,7,15H2,1-3H3. The highest BCUT2D eigenvalue weighted by molar-refractivity contribution is 5.71. The average Bonchev–Trinajstić information content (AvgIpc) is 2.26. The summed E-state index contributed by atoms with van der Waals surface area (Å²) in [6, 6.07) is 2.04. The molecule has 0 aliphatic carbocycles. The van der Waals surface area contributed by atoms with Crippen molar-refractivity contribution in [1.29, 1.82) is 0 Å². The second-order valence-electron chi connectivity index (χ2n) is 5.36. The Morgan fingerprint density at radius 2 is 2.10 bits per heavy atom. The molecule has 0 amide bonds. The number of halogens is 1. The smallest absolute Gasteiger partial charge is 0.308 e. The molecule has 0 saturated carbocycles. The van der Waals surface area contributed by atoms with Crippen molar-refractivity contribution in [3.8, 4) is 0 Å². The Hall–Kier alpha value is -2.02. The summed E-state index contributed by atoms with van der Waals surface area (Å²) in [5, 5.41) is 10.6. The van der Waals surface area contributed by atoms with Crippen molar-refractivity contribution < 1.29 is 18.8 Å². The van der Waals surface area contributed by atoms with Gasteiger partial charge in [0.1, 0.15) is 11.4 Å². The van der Waals surface area contributed by atoms with Gasteiger partial charge in [-0.25, -0.2) is 4.39 Å². The summed E-state index contributed by atoms with van der Waals surface area (Å²) in [5.41, 5.74) is 4.70. The van der Waals surface area contributed by atoms with Gasteiger partial charge in [0.15, 0.2) is 0 Å². The lowest BCUT2D eigenvalue weighted by Gasteiger charge is -2.21. The van der Waals surface area contributed by atoms with Gasteiger partial charge in [-0.15, -0.1) is 0 Å². The van der Waals surface area contributed by atoms with Crippen LogP contribution >= 0.6 is 0 Å². The lowest BCUT2D eigenvalue weighted by Crippen LogP contribution is -2.26. The molecule has 0 heterocycles. The highest BCUT2D eigenvalue weighted by atomic mass is 19.1. The zero-order valence-corrected chi connectivity index (χ0v) is 11.6. The molecule has 0 aliphatic heterocycles. The molecule has 1 aromatic rings. The molecule has 1 atom stereocenters. The second-order valence-corrected chi connectivity index (χ2v) is 5.36. The average molecular weight is 284 g/mol. The van der Waals surface area contributed by atoms with Crippen molar-refractivity contribution in [3.05, 3.63) is 39.7 Å². The molecule has 0 aromatic heterocycles. The molecule has 0 spiro atoms. The first-order chi connectivity index (χ1) is 9.10. The molecule has 1 aromatic carbocycles. The van der Waals surface area contributed by atoms with Gasteiger partial charge in [-0.1, -0.05) is 0 Å². The number of carbonyl (C=O) groups excluding carboxylic acids is 1. The number of hydrogen-bond acceptors (Lipinski definition) is 5. The minimum Gasteiger partial charge on any atom is -0.460 e. The van der Waals surface area contributed by atoms with Gasteiger partial charge in [0.2, 0.25) is 0 Å². The second kappa shape index (κ2) is 5.96. The van der Waals surface area contributed by atoms with E-state index in [1.807, 2.05) is 0 Å². The van der Waals surface area contributed by atoms with E-state index in [-0.39, 0.29) is 17.7 Å². The minimum absolute atomic E-state index is 0.0786. The molecule has 0 saturated heterocycles. The van der Waals surface area contributed by atoms with Gasteiger partial charge in [-0.3, -0.25) is 14.9 Å². The lowest BCUT2D eigenvalue weighted by molar-refractivity contribution is -0.385. The molecular weight excluding hydrogens is 267 g/mol. The van der Waals surface area contributed by atoms with Crippen LogP contribution in [0.2, 0.25) is 0 Å². The number of non-ortho nitro benzene ring substituents is 1. The van der Waals surface area contributed by atoms with E-state index in [2.05, 4.69) is 0 Å². The van der Waals surface area contributed by atoms with E-state index in [0.717, 1.165) is 18.2 Å². The molecular formula is C13H17FN2O4. The number of esters is 1. The van der Waals surface area contributed by atoms with E-state index in [0.29, 0.717) is 0 Å². The predicted molar refractivity (Wildman–Crippen MR) is 70.4 cm³/mol. The zero-order valence-electron chi connectivity index (χ0n) is 11.6. The first kappa shape index (κ1) is 16.0. The van der Waals surface area contributed by atoms with Crippen molar-refractivity contribution >= 4 is 11.7 Å². The molecule has 110 valence electrons. The van der Waals surface area contributed by atoms with Crippen LogP contribution in [0.5, 0.6) is 0 Å². The molecule has 1 rings (SSSR count). The Morgan fingerprint density at radius 1 is 1.50 bits per heavy atom. The normalized spacial score (nSPS) is 12.8. The Morgan fingerprint density at radius 3 is 2.60 bits per heavy atom. The molecule has 2 N–H and O–H groups in total. The van der Waals surface area contributed by atoms with Gasteiger partial charge in [0.05, 0.1) is 11.3 Å². The molecule has 0 fully saturated rings. The van der Waals surface area contributed by atoms with Gasteiger partial charge >= 0.3 is 5.97 Å². The largest absolute Gasteiger partial charge is 0.460 e. The third-order valence-electron chi connectivity index (χ3n) is 2.40. The number of nitro benzene ring substituents is 1. The molecule has 0 bridgehead atoms. The number of nitrogens with two attached hydrogens (primary N) is 1. The Bertz CT molecular complexity index is 526. The van der Waals surface area contributed by atoms with Crippen LogP contribution in [0.15, 0.2) is 18.2 Å². The van der Waals surface area contributed by atoms with E-state index < -0.39 is 28.4 Å². The monoisotopic (exact) mass is 284 g/mol. The number of carbonyl (C=O) groups is 1. The van der Waals surface area contributed by atoms with Gasteiger partial charge in [-0.2, -0.15) is 0 Å². The number of nitrogens with zero attached hydrogens (tertiary/aromatic N) is 1. The molecule has 1 unspecified atom stereocenters. The fourth-order valence-corrected chi connectivity index (χ4v) is 1.60. The summed E-state index contributed by atoms with van der Waals surface area (Å²) >= 11 is 0. The first-order valence-electron chi connectivity index (χ1n) is 6.01. The summed E-state index contributed by atoms with van der Waals surface area (Å²) in [6.07, 6.45) is -0.255. The van der Waals surface area contributed by atoms with Crippen LogP contribution in [0.25, 0.3) is 0 Å². The summed E-state index contributed by atoms with van der Waals surface area (Å²) < 4.78 is 18.7. The van der Waals surface area contributed by atoms with Crippen molar-refractivity contribution in [2.24, 2.45) is 5.73 Å². The van der Waals surface area contributed by atoms with Gasteiger partial charge < -0.3 is 10.5 Å². The molecule has 6 nitrogen and oxygen atoms in total. The van der Waals surface area contributed by atoms with Crippen LogP contribution in [0.4, 0.5) is 10.1 Å². The van der Waals surface area contributed by atoms with Crippen molar-refractivity contribution in [1.82, 2.24) is 0 Å². The first-order valence-corrected chi connectivity index (χ1v) is 6.01. The topological polar surface area (TPSA) is 95.5 Å². The number of nitro groups is 1. The fourth-order valence-electron chi connectivity index (χ4n) is 1.60. The Kier molecular flexibility index (Phi) is 4.78. The minimum atomic E-state index is -0.996. The maximum atomic E-state index is 13.6. The van der Waals surface area contributed by atoms with Crippen molar-refractivity contribution in [3.63, 3.8) is 0 Å². The van der Waals surface area contributed by atoms with Gasteiger partial charge in [0, 0.05) is 23.7 Å². The molecule has 20 heavy (non-hydrogen) atoms. The highest BCUT2D eigenvalue weighted by Crippen LogP contribution is 2.24. The zero-order chi connectivity index (χ0) is 15.5. The van der Waals surface area contributed by atoms with E-state index in [1.165, 1.54) is 0 Å². The maximum absolute atomic E-state index is 13.6. The molecule has 0 aliphatic rings. The van der Waals surface area contributed by atoms with Crippen LogP contribution in [0, 0.1) is 15.9 Å². The SMILES string of the molecule is CC(C)(C)OC(=O)CC(N)c1cc([N+](=O)[O-])ccc1F. The number of hydrogen-bond donors (Lipinski definition) is 1. The molecule has 7 heteroatoms. The predicted octanol–water partition coefficient (Wildman–Crippen LogP) is 2.47. The van der Waals surface area contributed by atoms with Crippen LogP contribution in [-0.4, -0.2) is 16.5 Å². The van der Waals surface area contributed by atoms with Crippen LogP contribution in [-0.2, 0) is 9.53 Å². The van der Waals surface area contributed by atoms with Crippen LogP contribution < -0.4 is 5.73 Å². The third kappa shape index (κ3) is 4.58. The molecule has 0 radical (unpaired) electrons. The van der Waals surface area contributed by atoms with Crippen LogP contribution in [0.3, 0.4) is 0 Å². The van der Waals surface area contributed by atoms with E-state index in [9.17, 15) is 19.3 Å². The Labute approximate surface area is 115 Å². The van der Waals surface area contributed by atoms with E-state index in [4.69, 9.17) is 10.5 Å². The summed E-state index contributed by atoms with van der Waals surface area (Å²) in [7, 11) is 0. The van der Waals surface area contributed by atoms with Crippen LogP contribution in [0.1, 0.15) is 38.8 Å². The maximum Gasteiger partial charge on any atom is 0.308 e. The number of benzene rings is 1. The number of ether oxygens (including phenoxy) is 1. The lowest BCUT2D eigenvalue weighted by atomic mass is 10.0. The third-order valence-corrected chi connectivity index (χ3v) is 2.40. The summed E-state index contributed by atoms with van der Waals surface area (Å²) in [6.45, 7) is 5.10.